The number of likely N-dealkylation sites (tertiary alicyclic amines) is 1. The number of amides is 1. The highest BCUT2D eigenvalue weighted by Gasteiger charge is 2.65. The molecule has 1 heterocycles. The molecule has 1 N–H and O–H groups in total. The smallest absolute Gasteiger partial charge is 0.398 e. The Balaban J connectivity index is 1.62. The van der Waals surface area contributed by atoms with Crippen molar-refractivity contribution in [1.82, 2.24) is 4.90 Å². The molecule has 0 bridgehead atoms. The van der Waals surface area contributed by atoms with E-state index >= 15 is 0 Å². The molecule has 1 aromatic carbocycles. The van der Waals surface area contributed by atoms with E-state index in [0.29, 0.717) is 19.5 Å². The van der Waals surface area contributed by atoms with Crippen molar-refractivity contribution in [2.24, 2.45) is 5.92 Å². The highest BCUT2D eigenvalue weighted by molar-refractivity contribution is 5.93. The molecule has 0 spiro atoms. The van der Waals surface area contributed by atoms with E-state index in [0.717, 1.165) is 0 Å². The fourth-order valence-electron chi connectivity index (χ4n) is 3.46. The molecule has 1 amide bonds. The summed E-state index contributed by atoms with van der Waals surface area (Å²) in [5, 5.41) is 8.68. The van der Waals surface area contributed by atoms with Crippen LogP contribution in [0.5, 0.6) is 5.75 Å². The fraction of sp³-hybridized carbons (Fsp3) is 0.556. The number of benzene rings is 1. The van der Waals surface area contributed by atoms with Crippen LogP contribution < -0.4 is 4.74 Å². The molecule has 1 unspecified atom stereocenters. The Morgan fingerprint density at radius 1 is 1.27 bits per heavy atom. The van der Waals surface area contributed by atoms with Crippen molar-refractivity contribution in [2.75, 3.05) is 19.7 Å². The van der Waals surface area contributed by atoms with Gasteiger partial charge in [-0.2, -0.15) is 13.2 Å². The second-order valence-corrected chi connectivity index (χ2v) is 6.95. The Bertz CT molecular complexity index is 700. The van der Waals surface area contributed by atoms with E-state index in [1.165, 1.54) is 11.0 Å². The highest BCUT2D eigenvalue weighted by Crippen LogP contribution is 2.60. The maximum absolute atomic E-state index is 13.4. The molecular weight excluding hydrogens is 351 g/mol. The largest absolute Gasteiger partial charge is 0.493 e. The predicted molar refractivity (Wildman–Crippen MR) is 85.8 cm³/mol. The maximum atomic E-state index is 13.4. The second kappa shape index (κ2) is 6.81. The van der Waals surface area contributed by atoms with E-state index in [-0.39, 0.29) is 36.7 Å². The molecule has 3 rings (SSSR count). The Morgan fingerprint density at radius 2 is 1.96 bits per heavy atom. The molecule has 0 aromatic heterocycles. The SMILES string of the molecule is O=C(O)CC(=O)N1CCC(COc2ccccc2C2(C(F)(F)F)CC2)C1. The number of alkyl halides is 3. The van der Waals surface area contributed by atoms with Gasteiger partial charge in [0.2, 0.25) is 5.91 Å². The molecule has 1 aliphatic heterocycles. The molecular formula is C18H20F3NO4. The van der Waals surface area contributed by atoms with Crippen LogP contribution in [0.1, 0.15) is 31.2 Å². The van der Waals surface area contributed by atoms with Gasteiger partial charge in [-0.1, -0.05) is 18.2 Å². The van der Waals surface area contributed by atoms with E-state index in [1.54, 1.807) is 18.2 Å². The third kappa shape index (κ3) is 3.64. The van der Waals surface area contributed by atoms with Gasteiger partial charge in [0.05, 0.1) is 12.0 Å². The van der Waals surface area contributed by atoms with Crippen LogP contribution in [0, 0.1) is 5.92 Å². The third-order valence-corrected chi connectivity index (χ3v) is 5.11. The van der Waals surface area contributed by atoms with Gasteiger partial charge < -0.3 is 14.7 Å². The van der Waals surface area contributed by atoms with Crippen molar-refractivity contribution in [3.05, 3.63) is 29.8 Å². The fourth-order valence-corrected chi connectivity index (χ4v) is 3.46. The number of rotatable bonds is 6. The summed E-state index contributed by atoms with van der Waals surface area (Å²) in [5.74, 6) is -1.42. The minimum absolute atomic E-state index is 0.0261. The first-order valence-electron chi connectivity index (χ1n) is 8.51. The lowest BCUT2D eigenvalue weighted by molar-refractivity contribution is -0.161. The Labute approximate surface area is 148 Å². The molecule has 2 aliphatic rings. The minimum Gasteiger partial charge on any atom is -0.493 e. The standard InChI is InChI=1S/C18H20F3NO4/c19-18(20,21)17(6-7-17)13-3-1-2-4-14(13)26-11-12-5-8-22(10-12)15(23)9-16(24)25/h1-4,12H,5-11H2,(H,24,25). The molecule has 2 fully saturated rings. The van der Waals surface area contributed by atoms with Crippen molar-refractivity contribution in [3.63, 3.8) is 0 Å². The third-order valence-electron chi connectivity index (χ3n) is 5.11. The van der Waals surface area contributed by atoms with Crippen molar-refractivity contribution >= 4 is 11.9 Å². The van der Waals surface area contributed by atoms with Gasteiger partial charge in [0.15, 0.2) is 0 Å². The minimum atomic E-state index is -4.31. The van der Waals surface area contributed by atoms with Gasteiger partial charge in [-0.3, -0.25) is 9.59 Å². The molecule has 1 saturated carbocycles. The van der Waals surface area contributed by atoms with Crippen molar-refractivity contribution in [3.8, 4) is 5.75 Å². The Morgan fingerprint density at radius 3 is 2.58 bits per heavy atom. The first kappa shape index (κ1) is 18.5. The Hall–Kier alpha value is -2.25. The number of aliphatic carboxylic acids is 1. The zero-order chi connectivity index (χ0) is 18.9. The van der Waals surface area contributed by atoms with Crippen LogP contribution in [0.25, 0.3) is 0 Å². The summed E-state index contributed by atoms with van der Waals surface area (Å²) in [6, 6.07) is 6.23. The number of carbonyl (C=O) groups excluding carboxylic acids is 1. The molecule has 8 heteroatoms. The van der Waals surface area contributed by atoms with Gasteiger partial charge in [0.1, 0.15) is 12.2 Å². The van der Waals surface area contributed by atoms with Gasteiger partial charge in [-0.15, -0.1) is 0 Å². The van der Waals surface area contributed by atoms with Crippen molar-refractivity contribution in [1.29, 1.82) is 0 Å². The molecule has 5 nitrogen and oxygen atoms in total. The first-order chi connectivity index (χ1) is 12.2. The first-order valence-corrected chi connectivity index (χ1v) is 8.51. The lowest BCUT2D eigenvalue weighted by atomic mass is 9.94. The average molecular weight is 371 g/mol. The normalized spacial score (nSPS) is 21.5. The molecule has 26 heavy (non-hydrogen) atoms. The van der Waals surface area contributed by atoms with E-state index in [4.69, 9.17) is 9.84 Å². The van der Waals surface area contributed by atoms with Crippen LogP contribution in [0.2, 0.25) is 0 Å². The number of para-hydroxylation sites is 1. The summed E-state index contributed by atoms with van der Waals surface area (Å²) in [7, 11) is 0. The number of halogens is 3. The van der Waals surface area contributed by atoms with Crippen LogP contribution in [-0.2, 0) is 15.0 Å². The zero-order valence-electron chi connectivity index (χ0n) is 14.1. The summed E-state index contributed by atoms with van der Waals surface area (Å²) < 4.78 is 45.9. The summed E-state index contributed by atoms with van der Waals surface area (Å²) in [4.78, 5) is 23.8. The lowest BCUT2D eigenvalue weighted by Gasteiger charge is -2.23. The summed E-state index contributed by atoms with van der Waals surface area (Å²) >= 11 is 0. The van der Waals surface area contributed by atoms with Crippen LogP contribution >= 0.6 is 0 Å². The van der Waals surface area contributed by atoms with Crippen LogP contribution in [0.4, 0.5) is 13.2 Å². The number of hydrogen-bond donors (Lipinski definition) is 1. The molecule has 0 radical (unpaired) electrons. The van der Waals surface area contributed by atoms with Gasteiger partial charge in [-0.05, 0) is 25.3 Å². The number of hydrogen-bond acceptors (Lipinski definition) is 3. The lowest BCUT2D eigenvalue weighted by Crippen LogP contribution is -2.31. The zero-order valence-corrected chi connectivity index (χ0v) is 14.1. The number of carboxylic acid groups (broad SMARTS) is 1. The van der Waals surface area contributed by atoms with E-state index < -0.39 is 29.9 Å². The van der Waals surface area contributed by atoms with Crippen LogP contribution in [-0.4, -0.2) is 47.8 Å². The highest BCUT2D eigenvalue weighted by atomic mass is 19.4. The number of nitrogens with zero attached hydrogens (tertiary/aromatic N) is 1. The quantitative estimate of drug-likeness (QED) is 0.781. The van der Waals surface area contributed by atoms with Crippen LogP contribution in [0.15, 0.2) is 24.3 Å². The number of carbonyl (C=O) groups is 2. The van der Waals surface area contributed by atoms with Gasteiger partial charge >= 0.3 is 12.1 Å². The van der Waals surface area contributed by atoms with Crippen molar-refractivity contribution < 1.29 is 32.6 Å². The van der Waals surface area contributed by atoms with Crippen LogP contribution in [0.3, 0.4) is 0 Å². The monoisotopic (exact) mass is 371 g/mol. The molecule has 1 atom stereocenters. The number of ether oxygens (including phenoxy) is 1. The Kier molecular flexibility index (Phi) is 4.86. The second-order valence-electron chi connectivity index (χ2n) is 6.95. The molecule has 1 aliphatic carbocycles. The van der Waals surface area contributed by atoms with Crippen molar-refractivity contribution in [2.45, 2.75) is 37.3 Å². The maximum Gasteiger partial charge on any atom is 0.398 e. The average Bonchev–Trinajstić information content (AvgIpc) is 3.25. The van der Waals surface area contributed by atoms with E-state index in [2.05, 4.69) is 0 Å². The van der Waals surface area contributed by atoms with Gasteiger partial charge in [0, 0.05) is 24.6 Å². The van der Waals surface area contributed by atoms with Gasteiger partial charge in [0.25, 0.3) is 0 Å². The molecule has 1 aromatic rings. The predicted octanol–water partition coefficient (Wildman–Crippen LogP) is 2.98. The van der Waals surface area contributed by atoms with E-state index in [9.17, 15) is 22.8 Å². The molecule has 142 valence electrons. The topological polar surface area (TPSA) is 66.8 Å². The summed E-state index contributed by atoms with van der Waals surface area (Å²) in [5.41, 5.74) is -1.63. The summed E-state index contributed by atoms with van der Waals surface area (Å²) in [6.45, 7) is 0.995. The van der Waals surface area contributed by atoms with Gasteiger partial charge in [-0.25, -0.2) is 0 Å². The number of carboxylic acids is 1. The molecule has 1 saturated heterocycles. The summed E-state index contributed by atoms with van der Waals surface area (Å²) in [6.07, 6.45) is -4.09. The van der Waals surface area contributed by atoms with E-state index in [1.807, 2.05) is 0 Å².